The first-order valence-corrected chi connectivity index (χ1v) is 3.64. The zero-order valence-electron chi connectivity index (χ0n) is 7.68. The number of amides is 3. The molecule has 1 saturated heterocycles. The van der Waals surface area contributed by atoms with Crippen LogP contribution in [0, 0.1) is 10.4 Å². The summed E-state index contributed by atoms with van der Waals surface area (Å²) in [6.45, 7) is 3.31. The maximum absolute atomic E-state index is 11.3. The van der Waals surface area contributed by atoms with Gasteiger partial charge in [0, 0.05) is 14.1 Å². The summed E-state index contributed by atoms with van der Waals surface area (Å²) >= 11 is 0. The van der Waals surface area contributed by atoms with Gasteiger partial charge in [0.15, 0.2) is 0 Å². The fourth-order valence-corrected chi connectivity index (χ4v) is 1.05. The summed E-state index contributed by atoms with van der Waals surface area (Å²) in [5.74, 6) is -0.942. The highest BCUT2D eigenvalue weighted by molar-refractivity contribution is 6.46. The van der Waals surface area contributed by atoms with Gasteiger partial charge in [0.05, 0.1) is 0 Å². The van der Waals surface area contributed by atoms with Crippen LogP contribution < -0.4 is 0 Å². The summed E-state index contributed by atoms with van der Waals surface area (Å²) in [6.07, 6.45) is 0. The lowest BCUT2D eigenvalue weighted by atomic mass is 10.2. The van der Waals surface area contributed by atoms with Crippen LogP contribution >= 0.6 is 0 Å². The molecule has 0 saturated carbocycles. The van der Waals surface area contributed by atoms with Gasteiger partial charge in [-0.1, -0.05) is 6.58 Å². The van der Waals surface area contributed by atoms with E-state index in [0.29, 0.717) is 4.90 Å². The molecule has 1 rings (SSSR count). The summed E-state index contributed by atoms with van der Waals surface area (Å²) in [5, 5.41) is 21.0. The molecule has 0 bridgehead atoms. The predicted molar refractivity (Wildman–Crippen MR) is 47.1 cm³/mol. The number of hydrogen-bond donors (Lipinski definition) is 0. The highest BCUT2D eigenvalue weighted by Crippen LogP contribution is 2.13. The highest BCUT2D eigenvalue weighted by atomic mass is 16.8. The average molecular weight is 198 g/mol. The van der Waals surface area contributed by atoms with Gasteiger partial charge in [-0.25, -0.2) is 4.79 Å². The number of nitrogens with zero attached hydrogens (tertiary/aromatic N) is 3. The van der Waals surface area contributed by atoms with Crippen LogP contribution in [0.5, 0.6) is 0 Å². The molecule has 7 nitrogen and oxygen atoms in total. The van der Waals surface area contributed by atoms with Crippen LogP contribution in [0.1, 0.15) is 0 Å². The fraction of sp³-hybridized carbons (Fsp3) is 0.286. The summed E-state index contributed by atoms with van der Waals surface area (Å²) in [5.41, 5.74) is -0.863. The molecule has 1 aliphatic heterocycles. The van der Waals surface area contributed by atoms with Gasteiger partial charge in [-0.3, -0.25) is 14.6 Å². The first kappa shape index (κ1) is 10.0. The monoisotopic (exact) mass is 198 g/mol. The Kier molecular flexibility index (Phi) is 2.16. The molecule has 76 valence electrons. The van der Waals surface area contributed by atoms with Gasteiger partial charge in [0.2, 0.25) is 0 Å². The van der Waals surface area contributed by atoms with Gasteiger partial charge in [-0.2, -0.15) is 4.90 Å². The lowest BCUT2D eigenvalue weighted by Gasteiger charge is -2.30. The Morgan fingerprint density at radius 2 is 1.71 bits per heavy atom. The third kappa shape index (κ3) is 1.18. The van der Waals surface area contributed by atoms with E-state index in [1.54, 1.807) is 0 Å². The van der Waals surface area contributed by atoms with E-state index in [9.17, 15) is 20.0 Å². The molecule has 1 aliphatic rings. The predicted octanol–water partition coefficient (Wildman–Crippen LogP) is -0.527. The number of hydrogen-bond acceptors (Lipinski definition) is 4. The minimum absolute atomic E-state index is 0.192. The van der Waals surface area contributed by atoms with Crippen LogP contribution in [0.25, 0.3) is 0 Å². The van der Waals surface area contributed by atoms with Crippen LogP contribution in [0.15, 0.2) is 12.3 Å². The molecule has 0 unspecified atom stereocenters. The summed E-state index contributed by atoms with van der Waals surface area (Å²) in [6, 6.07) is -0.634. The van der Waals surface area contributed by atoms with E-state index in [4.69, 9.17) is 0 Å². The molecule has 1 heterocycles. The van der Waals surface area contributed by atoms with Crippen molar-refractivity contribution >= 4 is 17.6 Å². The number of urea groups is 1. The Morgan fingerprint density at radius 1 is 1.21 bits per heavy atom. The topological polar surface area (TPSA) is 89.7 Å². The van der Waals surface area contributed by atoms with E-state index in [2.05, 4.69) is 6.58 Å². The molecular weight excluding hydrogens is 190 g/mol. The van der Waals surface area contributed by atoms with E-state index in [1.807, 2.05) is 0 Å². The lowest BCUT2D eigenvalue weighted by Crippen LogP contribution is -2.54. The standard InChI is InChI=1S/C7H8N3O4/c1-4-5(10(13)14)6(11)9(3)7(12)8(4)2/h1H2,2-3H3/q-1. The van der Waals surface area contributed by atoms with Crippen molar-refractivity contribution in [1.82, 2.24) is 9.80 Å². The van der Waals surface area contributed by atoms with Crippen LogP contribution in [0.4, 0.5) is 4.79 Å². The second-order valence-corrected chi connectivity index (χ2v) is 2.76. The van der Waals surface area contributed by atoms with E-state index < -0.39 is 22.6 Å². The van der Waals surface area contributed by atoms with Crippen molar-refractivity contribution in [2.45, 2.75) is 0 Å². The number of rotatable bonds is 0. The smallest absolute Gasteiger partial charge is 0.331 e. The first-order valence-electron chi connectivity index (χ1n) is 3.64. The highest BCUT2D eigenvalue weighted by Gasteiger charge is 2.39. The van der Waals surface area contributed by atoms with Crippen molar-refractivity contribution in [3.8, 4) is 0 Å². The number of carbonyl (C=O) groups is 2. The molecule has 7 heteroatoms. The van der Waals surface area contributed by atoms with Crippen molar-refractivity contribution in [1.29, 1.82) is 0 Å². The van der Waals surface area contributed by atoms with Crippen LogP contribution in [0.2, 0.25) is 0 Å². The molecule has 0 spiro atoms. The second-order valence-electron chi connectivity index (χ2n) is 2.76. The molecule has 0 aromatic heterocycles. The molecule has 0 atom stereocenters. The zero-order valence-corrected chi connectivity index (χ0v) is 7.68. The largest absolute Gasteiger partial charge is 0.612 e. The Morgan fingerprint density at radius 3 is 2.14 bits per heavy atom. The number of imide groups is 1. The van der Waals surface area contributed by atoms with Crippen LogP contribution in [-0.2, 0) is 4.79 Å². The van der Waals surface area contributed by atoms with Crippen molar-refractivity contribution in [2.75, 3.05) is 14.1 Å². The molecule has 14 heavy (non-hydrogen) atoms. The Labute approximate surface area is 79.7 Å². The van der Waals surface area contributed by atoms with E-state index >= 15 is 0 Å². The van der Waals surface area contributed by atoms with E-state index in [1.165, 1.54) is 14.1 Å². The van der Waals surface area contributed by atoms with E-state index in [-0.39, 0.29) is 5.70 Å². The molecule has 0 aromatic rings. The normalized spacial score (nSPS) is 17.9. The Hall–Kier alpha value is -2.05. The van der Waals surface area contributed by atoms with Crippen molar-refractivity contribution in [3.05, 3.63) is 22.7 Å². The second kappa shape index (κ2) is 3.02. The lowest BCUT2D eigenvalue weighted by molar-refractivity contribution is -0.378. The molecule has 0 N–H and O–H groups in total. The van der Waals surface area contributed by atoms with Crippen molar-refractivity contribution in [2.24, 2.45) is 0 Å². The molecular formula is C7H8N3O4-. The van der Waals surface area contributed by atoms with Gasteiger partial charge in [0.1, 0.15) is 5.70 Å². The third-order valence-electron chi connectivity index (χ3n) is 1.94. The molecule has 0 aromatic carbocycles. The number of carbonyl (C=O) groups excluding carboxylic acids is 2. The van der Waals surface area contributed by atoms with Crippen LogP contribution in [-0.4, -0.2) is 46.4 Å². The maximum atomic E-state index is 11.3. The minimum atomic E-state index is -0.942. The SMILES string of the molecule is C=C1C(=[N+]([O-])[O-])C(=O)N(C)C(=O)N1C. The van der Waals surface area contributed by atoms with Gasteiger partial charge < -0.3 is 10.4 Å². The van der Waals surface area contributed by atoms with E-state index in [0.717, 1.165) is 4.90 Å². The van der Waals surface area contributed by atoms with Gasteiger partial charge >= 0.3 is 17.6 Å². The molecule has 3 amide bonds. The average Bonchev–Trinajstić information content (AvgIpc) is 2.11. The summed E-state index contributed by atoms with van der Waals surface area (Å²) in [4.78, 5) is 23.3. The summed E-state index contributed by atoms with van der Waals surface area (Å²) in [7, 11) is 2.49. The molecule has 0 aliphatic carbocycles. The first-order chi connectivity index (χ1) is 6.37. The van der Waals surface area contributed by atoms with Crippen molar-refractivity contribution < 1.29 is 14.5 Å². The molecule has 1 fully saturated rings. The Balaban J connectivity index is 3.25. The molecule has 0 radical (unpaired) electrons. The summed E-state index contributed by atoms with van der Waals surface area (Å²) < 4.78 is 0. The third-order valence-corrected chi connectivity index (χ3v) is 1.94. The van der Waals surface area contributed by atoms with Crippen molar-refractivity contribution in [3.63, 3.8) is 0 Å². The maximum Gasteiger partial charge on any atom is 0.331 e. The van der Waals surface area contributed by atoms with Gasteiger partial charge in [-0.05, 0) is 0 Å². The minimum Gasteiger partial charge on any atom is -0.612 e. The zero-order chi connectivity index (χ0) is 11.0. The Bertz CT molecular complexity index is 330. The van der Waals surface area contributed by atoms with Gasteiger partial charge in [0.25, 0.3) is 0 Å². The van der Waals surface area contributed by atoms with Gasteiger partial charge in [-0.15, -0.1) is 0 Å². The fourth-order valence-electron chi connectivity index (χ4n) is 1.05. The van der Waals surface area contributed by atoms with Crippen LogP contribution in [0.3, 0.4) is 0 Å². The quantitative estimate of drug-likeness (QED) is 0.386.